The number of ether oxygens (including phenoxy) is 2. The van der Waals surface area contributed by atoms with Gasteiger partial charge in [0.25, 0.3) is 5.91 Å². The van der Waals surface area contributed by atoms with Crippen LogP contribution in [0, 0.1) is 0 Å². The number of morpholine rings is 1. The number of thiophene rings is 1. The fourth-order valence-corrected chi connectivity index (χ4v) is 4.90. The lowest BCUT2D eigenvalue weighted by Gasteiger charge is -2.27. The van der Waals surface area contributed by atoms with Gasteiger partial charge in [-0.2, -0.15) is 0 Å². The summed E-state index contributed by atoms with van der Waals surface area (Å²) in [7, 11) is 1.33. The van der Waals surface area contributed by atoms with E-state index in [9.17, 15) is 9.59 Å². The standard InChI is InChI=1S/C22H24N4O4S2/c1-29-21(28)16-5-6-17(23-14-16)18-15-32-22(24-18)26(20(27)19-4-2-13-31-19)8-3-7-25-9-11-30-12-10-25/h2,4-6,13-15H,3,7-12H2,1H3. The highest BCUT2D eigenvalue weighted by molar-refractivity contribution is 7.14. The summed E-state index contributed by atoms with van der Waals surface area (Å²) in [4.78, 5) is 38.6. The number of anilines is 1. The van der Waals surface area contributed by atoms with Crippen LogP contribution in [0.25, 0.3) is 11.4 Å². The molecule has 1 saturated heterocycles. The number of pyridine rings is 1. The van der Waals surface area contributed by atoms with Gasteiger partial charge < -0.3 is 9.47 Å². The fourth-order valence-electron chi connectivity index (χ4n) is 3.38. The highest BCUT2D eigenvalue weighted by Gasteiger charge is 2.22. The van der Waals surface area contributed by atoms with E-state index in [1.807, 2.05) is 22.9 Å². The van der Waals surface area contributed by atoms with E-state index in [0.717, 1.165) is 39.3 Å². The Bertz CT molecular complexity index is 1030. The summed E-state index contributed by atoms with van der Waals surface area (Å²) in [5, 5.41) is 4.42. The van der Waals surface area contributed by atoms with Crippen LogP contribution in [-0.2, 0) is 9.47 Å². The van der Waals surface area contributed by atoms with Crippen LogP contribution >= 0.6 is 22.7 Å². The Morgan fingerprint density at radius 2 is 2.03 bits per heavy atom. The van der Waals surface area contributed by atoms with Crippen molar-refractivity contribution in [3.8, 4) is 11.4 Å². The van der Waals surface area contributed by atoms with Gasteiger partial charge in [0, 0.05) is 37.8 Å². The molecule has 0 spiro atoms. The van der Waals surface area contributed by atoms with Crippen LogP contribution in [0.4, 0.5) is 5.13 Å². The molecular weight excluding hydrogens is 448 g/mol. The summed E-state index contributed by atoms with van der Waals surface area (Å²) in [6.45, 7) is 4.86. The van der Waals surface area contributed by atoms with Gasteiger partial charge in [-0.15, -0.1) is 22.7 Å². The molecule has 0 aliphatic carbocycles. The molecule has 0 bridgehead atoms. The second-order valence-electron chi connectivity index (χ2n) is 7.18. The predicted molar refractivity (Wildman–Crippen MR) is 125 cm³/mol. The van der Waals surface area contributed by atoms with E-state index >= 15 is 0 Å². The quantitative estimate of drug-likeness (QED) is 0.465. The Hall–Kier alpha value is -2.66. The maximum Gasteiger partial charge on any atom is 0.339 e. The van der Waals surface area contributed by atoms with Crippen LogP contribution in [0.5, 0.6) is 0 Å². The monoisotopic (exact) mass is 472 g/mol. The molecule has 3 aromatic rings. The number of aromatic nitrogens is 2. The lowest BCUT2D eigenvalue weighted by atomic mass is 10.2. The minimum Gasteiger partial charge on any atom is -0.465 e. The van der Waals surface area contributed by atoms with Gasteiger partial charge in [-0.25, -0.2) is 9.78 Å². The molecule has 0 unspecified atom stereocenters. The van der Waals surface area contributed by atoms with Gasteiger partial charge in [-0.05, 0) is 30.0 Å². The first-order valence-electron chi connectivity index (χ1n) is 10.3. The number of methoxy groups -OCH3 is 1. The topological polar surface area (TPSA) is 84.9 Å². The molecule has 1 aliphatic heterocycles. The number of hydrogen-bond donors (Lipinski definition) is 0. The van der Waals surface area contributed by atoms with E-state index in [2.05, 4.69) is 14.9 Å². The molecule has 1 amide bonds. The van der Waals surface area contributed by atoms with Gasteiger partial charge in [-0.1, -0.05) is 6.07 Å². The number of rotatable bonds is 8. The number of nitrogens with zero attached hydrogens (tertiary/aromatic N) is 4. The maximum atomic E-state index is 13.2. The molecule has 1 fully saturated rings. The van der Waals surface area contributed by atoms with Gasteiger partial charge in [0.2, 0.25) is 0 Å². The molecule has 4 rings (SSSR count). The largest absolute Gasteiger partial charge is 0.465 e. The van der Waals surface area contributed by atoms with Crippen molar-refractivity contribution in [2.75, 3.05) is 51.4 Å². The highest BCUT2D eigenvalue weighted by Crippen LogP contribution is 2.28. The van der Waals surface area contributed by atoms with Crippen LogP contribution in [-0.4, -0.2) is 73.2 Å². The normalized spacial score (nSPS) is 14.3. The molecule has 1 aliphatic rings. The van der Waals surface area contributed by atoms with Gasteiger partial charge in [0.1, 0.15) is 5.69 Å². The third kappa shape index (κ3) is 5.39. The Morgan fingerprint density at radius 1 is 1.19 bits per heavy atom. The summed E-state index contributed by atoms with van der Waals surface area (Å²) in [6.07, 6.45) is 2.31. The van der Waals surface area contributed by atoms with Crippen molar-refractivity contribution in [3.63, 3.8) is 0 Å². The van der Waals surface area contributed by atoms with E-state index in [-0.39, 0.29) is 5.91 Å². The number of carbonyl (C=O) groups is 2. The van der Waals surface area contributed by atoms with Crippen LogP contribution < -0.4 is 4.90 Å². The van der Waals surface area contributed by atoms with E-state index in [1.165, 1.54) is 36.0 Å². The predicted octanol–water partition coefficient (Wildman–Crippen LogP) is 3.42. The lowest BCUT2D eigenvalue weighted by molar-refractivity contribution is 0.0376. The molecule has 3 aromatic heterocycles. The van der Waals surface area contributed by atoms with Crippen LogP contribution in [0.1, 0.15) is 26.5 Å². The van der Waals surface area contributed by atoms with Crippen molar-refractivity contribution in [2.45, 2.75) is 6.42 Å². The molecule has 0 saturated carbocycles. The number of amides is 1. The zero-order valence-corrected chi connectivity index (χ0v) is 19.4. The summed E-state index contributed by atoms with van der Waals surface area (Å²) < 4.78 is 10.1. The Morgan fingerprint density at radius 3 is 2.72 bits per heavy atom. The van der Waals surface area contributed by atoms with E-state index in [4.69, 9.17) is 9.47 Å². The average Bonchev–Trinajstić information content (AvgIpc) is 3.55. The first kappa shape index (κ1) is 22.5. The van der Waals surface area contributed by atoms with E-state index in [0.29, 0.717) is 33.5 Å². The summed E-state index contributed by atoms with van der Waals surface area (Å²) in [5.74, 6) is -0.479. The Kier molecular flexibility index (Phi) is 7.59. The van der Waals surface area contributed by atoms with Crippen molar-refractivity contribution in [2.24, 2.45) is 0 Å². The van der Waals surface area contributed by atoms with Crippen LogP contribution in [0.3, 0.4) is 0 Å². The molecule has 10 heteroatoms. The van der Waals surface area contributed by atoms with Gasteiger partial charge in [-0.3, -0.25) is 19.6 Å². The number of hydrogen-bond acceptors (Lipinski definition) is 9. The third-order valence-corrected chi connectivity index (χ3v) is 6.83. The van der Waals surface area contributed by atoms with Crippen LogP contribution in [0.2, 0.25) is 0 Å². The number of esters is 1. The highest BCUT2D eigenvalue weighted by atomic mass is 32.1. The van der Waals surface area contributed by atoms with E-state index in [1.54, 1.807) is 17.0 Å². The third-order valence-electron chi connectivity index (χ3n) is 5.11. The van der Waals surface area contributed by atoms with Crippen LogP contribution in [0.15, 0.2) is 41.2 Å². The average molecular weight is 473 g/mol. The molecule has 32 heavy (non-hydrogen) atoms. The molecule has 0 atom stereocenters. The zero-order chi connectivity index (χ0) is 22.3. The minimum absolute atomic E-state index is 0.0446. The van der Waals surface area contributed by atoms with Crippen molar-refractivity contribution in [3.05, 3.63) is 51.7 Å². The van der Waals surface area contributed by atoms with Gasteiger partial charge >= 0.3 is 5.97 Å². The van der Waals surface area contributed by atoms with Gasteiger partial charge in [0.05, 0.1) is 36.5 Å². The lowest BCUT2D eigenvalue weighted by Crippen LogP contribution is -2.39. The minimum atomic E-state index is -0.434. The molecule has 168 valence electrons. The van der Waals surface area contributed by atoms with Crippen molar-refractivity contribution in [1.82, 2.24) is 14.9 Å². The number of thiazole rings is 1. The Balaban J connectivity index is 1.49. The van der Waals surface area contributed by atoms with Gasteiger partial charge in [0.15, 0.2) is 5.13 Å². The van der Waals surface area contributed by atoms with Crippen molar-refractivity contribution < 1.29 is 19.1 Å². The first-order valence-corrected chi connectivity index (χ1v) is 12.1. The SMILES string of the molecule is COC(=O)c1ccc(-c2csc(N(CCCN3CCOCC3)C(=O)c3cccs3)n2)nc1. The molecule has 0 radical (unpaired) electrons. The van der Waals surface area contributed by atoms with E-state index < -0.39 is 5.97 Å². The fraction of sp³-hybridized carbons (Fsp3) is 0.364. The van der Waals surface area contributed by atoms with Crippen molar-refractivity contribution >= 4 is 39.7 Å². The smallest absolute Gasteiger partial charge is 0.339 e. The number of carbonyl (C=O) groups excluding carboxylic acids is 2. The molecule has 0 aromatic carbocycles. The Labute approximate surface area is 194 Å². The summed E-state index contributed by atoms with van der Waals surface area (Å²) >= 11 is 2.84. The molecular formula is C22H24N4O4S2. The molecule has 4 heterocycles. The summed E-state index contributed by atoms with van der Waals surface area (Å²) in [5.41, 5.74) is 1.68. The maximum absolute atomic E-state index is 13.2. The molecule has 8 nitrogen and oxygen atoms in total. The zero-order valence-electron chi connectivity index (χ0n) is 17.7. The second kappa shape index (κ2) is 10.8. The molecule has 0 N–H and O–H groups in total. The van der Waals surface area contributed by atoms with Crippen molar-refractivity contribution in [1.29, 1.82) is 0 Å². The summed E-state index contributed by atoms with van der Waals surface area (Å²) in [6, 6.07) is 7.10. The second-order valence-corrected chi connectivity index (χ2v) is 8.96. The first-order chi connectivity index (χ1) is 15.7.